The summed E-state index contributed by atoms with van der Waals surface area (Å²) < 4.78 is 0. The van der Waals surface area contributed by atoms with E-state index >= 15 is 0 Å². The summed E-state index contributed by atoms with van der Waals surface area (Å²) in [4.78, 5) is 0. The predicted molar refractivity (Wildman–Crippen MR) is 83.6 cm³/mol. The van der Waals surface area contributed by atoms with Gasteiger partial charge in [-0.05, 0) is 110 Å². The van der Waals surface area contributed by atoms with Gasteiger partial charge in [0.1, 0.15) is 0 Å². The molecule has 0 aromatic rings. The maximum atomic E-state index is 2.16. The number of fused-ring (bicyclic) bond motifs is 2. The minimum atomic E-state index is 1.08. The molecule has 10 aliphatic rings. The van der Waals surface area contributed by atoms with Crippen molar-refractivity contribution in [1.29, 1.82) is 0 Å². The van der Waals surface area contributed by atoms with E-state index in [9.17, 15) is 0 Å². The highest BCUT2D eigenvalue weighted by Gasteiger charge is 2.75. The molecule has 0 spiro atoms. The Morgan fingerprint density at radius 1 is 0.364 bits per heavy atom. The summed E-state index contributed by atoms with van der Waals surface area (Å²) in [6.07, 6.45) is 9.67. The molecular formula is C22H24. The van der Waals surface area contributed by atoms with Gasteiger partial charge in [-0.3, -0.25) is 0 Å². The number of allylic oxidation sites excluding steroid dienone is 4. The lowest BCUT2D eigenvalue weighted by Crippen LogP contribution is -2.56. The van der Waals surface area contributed by atoms with Crippen LogP contribution < -0.4 is 0 Å². The summed E-state index contributed by atoms with van der Waals surface area (Å²) in [5, 5.41) is 0. The van der Waals surface area contributed by atoms with Crippen LogP contribution in [0.5, 0.6) is 0 Å². The number of rotatable bonds is 0. The summed E-state index contributed by atoms with van der Waals surface area (Å²) in [5.41, 5.74) is 8.64. The van der Waals surface area contributed by atoms with Gasteiger partial charge in [0, 0.05) is 0 Å². The number of hydrogen-bond donors (Lipinski definition) is 0. The minimum absolute atomic E-state index is 1.08. The highest BCUT2D eigenvalue weighted by atomic mass is 14.8. The summed E-state index contributed by atoms with van der Waals surface area (Å²) in [7, 11) is 0. The average molecular weight is 288 g/mol. The molecule has 0 heterocycles. The molecule has 0 aliphatic heterocycles. The fraction of sp³-hybridized carbons (Fsp3) is 0.818. The largest absolute Gasteiger partial charge is 0.0636 e. The van der Waals surface area contributed by atoms with Gasteiger partial charge in [-0.25, -0.2) is 0 Å². The molecule has 4 bridgehead atoms. The van der Waals surface area contributed by atoms with Crippen LogP contribution in [0.1, 0.15) is 38.5 Å². The van der Waals surface area contributed by atoms with E-state index in [0.29, 0.717) is 0 Å². The van der Waals surface area contributed by atoms with Crippen molar-refractivity contribution in [2.45, 2.75) is 38.5 Å². The van der Waals surface area contributed by atoms with Crippen molar-refractivity contribution in [3.8, 4) is 0 Å². The third kappa shape index (κ3) is 0.700. The topological polar surface area (TPSA) is 0 Å². The molecule has 112 valence electrons. The third-order valence-corrected chi connectivity index (χ3v) is 11.1. The van der Waals surface area contributed by atoms with Crippen molar-refractivity contribution in [3.05, 3.63) is 22.3 Å². The molecule has 12 atom stereocenters. The monoisotopic (exact) mass is 288 g/mol. The Morgan fingerprint density at radius 3 is 0.955 bits per heavy atom. The van der Waals surface area contributed by atoms with Gasteiger partial charge in [-0.2, -0.15) is 0 Å². The molecule has 0 saturated heterocycles. The van der Waals surface area contributed by atoms with E-state index in [1.165, 1.54) is 0 Å². The molecule has 10 aliphatic carbocycles. The normalized spacial score (nSPS) is 72.0. The van der Waals surface area contributed by atoms with Crippen molar-refractivity contribution in [3.63, 3.8) is 0 Å². The number of hydrogen-bond acceptors (Lipinski definition) is 0. The van der Waals surface area contributed by atoms with E-state index in [4.69, 9.17) is 0 Å². The minimum Gasteiger partial charge on any atom is -0.0636 e. The van der Waals surface area contributed by atoms with Crippen molar-refractivity contribution in [2.24, 2.45) is 71.0 Å². The average Bonchev–Trinajstić information content (AvgIpc) is 3.26. The van der Waals surface area contributed by atoms with Crippen LogP contribution in [0.4, 0.5) is 0 Å². The molecule has 0 aromatic carbocycles. The van der Waals surface area contributed by atoms with Crippen molar-refractivity contribution in [1.82, 2.24) is 0 Å². The van der Waals surface area contributed by atoms with Gasteiger partial charge in [0.25, 0.3) is 0 Å². The summed E-state index contributed by atoms with van der Waals surface area (Å²) in [5.74, 6) is 13.4. The van der Waals surface area contributed by atoms with E-state index in [1.807, 2.05) is 0 Å². The highest BCUT2D eigenvalue weighted by molar-refractivity contribution is 5.53. The van der Waals surface area contributed by atoms with Gasteiger partial charge in [-0.15, -0.1) is 0 Å². The first-order chi connectivity index (χ1) is 10.9. The Hall–Kier alpha value is -0.520. The Balaban J connectivity index is 1.53. The standard InChI is InChI=1S/C22H24/c1-2-8-16-10-4-3-9-15(16)7(1)17-11-5-13-19(9)20(10)14-6-12(18(8)17)21(11)22(13)14/h7-16,21-22H,1-6H2/t7-,8+,9+,10-,11+,12-,13-,14+,15?,16?,21?,22?. The van der Waals surface area contributed by atoms with E-state index in [1.54, 1.807) is 38.5 Å². The van der Waals surface area contributed by atoms with E-state index in [-0.39, 0.29) is 0 Å². The van der Waals surface area contributed by atoms with Crippen molar-refractivity contribution in [2.75, 3.05) is 0 Å². The lowest BCUT2D eigenvalue weighted by Gasteiger charge is -2.64. The van der Waals surface area contributed by atoms with Crippen LogP contribution in [-0.2, 0) is 0 Å². The summed E-state index contributed by atoms with van der Waals surface area (Å²) >= 11 is 0. The lowest BCUT2D eigenvalue weighted by atomic mass is 9.41. The zero-order chi connectivity index (χ0) is 13.5. The van der Waals surface area contributed by atoms with Crippen molar-refractivity contribution < 1.29 is 0 Å². The quantitative estimate of drug-likeness (QED) is 0.578. The second-order valence-electron chi connectivity index (χ2n) is 10.6. The van der Waals surface area contributed by atoms with Crippen LogP contribution in [0.15, 0.2) is 22.3 Å². The molecule has 4 fully saturated rings. The van der Waals surface area contributed by atoms with Crippen LogP contribution in [0, 0.1) is 71.0 Å². The maximum absolute atomic E-state index is 2.16. The zero-order valence-electron chi connectivity index (χ0n) is 13.2. The Bertz CT molecular complexity index is 632. The first-order valence-corrected chi connectivity index (χ1v) is 10.4. The SMILES string of the molecule is C1C[C@H]2C3=C4[C@@H]1C1C2[C@@H]2CC[C@H]1C1=C2[C@H]2C[C@@H]3C3C2[C@H]1C[C@H]43. The molecular weight excluding hydrogens is 264 g/mol. The summed E-state index contributed by atoms with van der Waals surface area (Å²) in [6, 6.07) is 0. The molecule has 0 amide bonds. The van der Waals surface area contributed by atoms with Crippen molar-refractivity contribution >= 4 is 0 Å². The molecule has 0 aromatic heterocycles. The first kappa shape index (κ1) is 10.4. The smallest absolute Gasteiger partial charge is 0.0154 e. The fourth-order valence-electron chi connectivity index (χ4n) is 11.5. The van der Waals surface area contributed by atoms with Gasteiger partial charge >= 0.3 is 0 Å². The molecule has 22 heavy (non-hydrogen) atoms. The predicted octanol–water partition coefficient (Wildman–Crippen LogP) is 4.44. The van der Waals surface area contributed by atoms with Crippen LogP contribution >= 0.6 is 0 Å². The van der Waals surface area contributed by atoms with Gasteiger partial charge in [-0.1, -0.05) is 22.3 Å². The second kappa shape index (κ2) is 2.72. The zero-order valence-corrected chi connectivity index (χ0v) is 13.2. The van der Waals surface area contributed by atoms with E-state index in [0.717, 1.165) is 71.0 Å². The van der Waals surface area contributed by atoms with Gasteiger partial charge < -0.3 is 0 Å². The fourth-order valence-corrected chi connectivity index (χ4v) is 11.5. The summed E-state index contributed by atoms with van der Waals surface area (Å²) in [6.45, 7) is 0. The van der Waals surface area contributed by atoms with E-state index in [2.05, 4.69) is 22.3 Å². The molecule has 0 heteroatoms. The lowest BCUT2D eigenvalue weighted by molar-refractivity contribution is -0.0296. The van der Waals surface area contributed by atoms with E-state index < -0.39 is 0 Å². The third-order valence-electron chi connectivity index (χ3n) is 11.1. The molecule has 0 nitrogen and oxygen atoms in total. The molecule has 10 rings (SSSR count). The van der Waals surface area contributed by atoms with Crippen LogP contribution in [-0.4, -0.2) is 0 Å². The maximum Gasteiger partial charge on any atom is -0.0154 e. The second-order valence-corrected chi connectivity index (χ2v) is 10.6. The Labute approximate surface area is 132 Å². The Kier molecular flexibility index (Phi) is 1.28. The molecule has 4 saturated carbocycles. The molecule has 0 radical (unpaired) electrons. The van der Waals surface area contributed by atoms with Crippen LogP contribution in [0.25, 0.3) is 0 Å². The van der Waals surface area contributed by atoms with Gasteiger partial charge in [0.2, 0.25) is 0 Å². The highest BCUT2D eigenvalue weighted by Crippen LogP contribution is 2.83. The molecule has 0 N–H and O–H groups in total. The van der Waals surface area contributed by atoms with Gasteiger partial charge in [0.05, 0.1) is 0 Å². The first-order valence-electron chi connectivity index (χ1n) is 10.4. The van der Waals surface area contributed by atoms with Gasteiger partial charge in [0.15, 0.2) is 0 Å². The Morgan fingerprint density at radius 2 is 0.636 bits per heavy atom. The van der Waals surface area contributed by atoms with Crippen LogP contribution in [0.2, 0.25) is 0 Å². The van der Waals surface area contributed by atoms with Crippen LogP contribution in [0.3, 0.4) is 0 Å². The molecule has 4 unspecified atom stereocenters.